The van der Waals surface area contributed by atoms with Crippen molar-refractivity contribution in [2.75, 3.05) is 0 Å². The molecule has 12 heavy (non-hydrogen) atoms. The van der Waals surface area contributed by atoms with Crippen LogP contribution >= 0.6 is 33.9 Å². The Balaban J connectivity index is 3.28. The summed E-state index contributed by atoms with van der Waals surface area (Å²) < 4.78 is 1.44. The Bertz CT molecular complexity index is 292. The molecule has 1 rings (SSSR count). The number of hydrogen-bond acceptors (Lipinski definition) is 1. The van der Waals surface area contributed by atoms with Crippen LogP contribution in [0.15, 0.2) is 0 Å². The maximum Gasteiger partial charge on any atom is 0.0688 e. The molecule has 0 N–H and O–H groups in total. The highest BCUT2D eigenvalue weighted by molar-refractivity contribution is 14.1. The van der Waals surface area contributed by atoms with E-state index < -0.39 is 0 Å². The minimum atomic E-state index is 0.308. The van der Waals surface area contributed by atoms with Crippen molar-refractivity contribution in [3.63, 3.8) is 0 Å². The summed E-state index contributed by atoms with van der Waals surface area (Å²) in [6.07, 6.45) is 0. The normalized spacial score (nSPS) is 12.2. The largest absolute Gasteiger partial charge is 0.133 e. The van der Waals surface area contributed by atoms with E-state index in [1.165, 1.54) is 18.9 Å². The van der Waals surface area contributed by atoms with E-state index in [0.29, 0.717) is 5.41 Å². The molecular formula is C10H15IS. The van der Waals surface area contributed by atoms with Crippen LogP contribution in [-0.4, -0.2) is 0 Å². The number of rotatable bonds is 0. The smallest absolute Gasteiger partial charge is 0.0688 e. The van der Waals surface area contributed by atoms with Crippen molar-refractivity contribution in [2.45, 2.75) is 40.0 Å². The highest BCUT2D eigenvalue weighted by atomic mass is 127. The second kappa shape index (κ2) is 3.29. The number of hydrogen-bond donors (Lipinski definition) is 0. The zero-order valence-electron chi connectivity index (χ0n) is 8.29. The number of halogens is 1. The van der Waals surface area contributed by atoms with Gasteiger partial charge in [0.2, 0.25) is 0 Å². The second-order valence-corrected chi connectivity index (χ2v) is 7.04. The highest BCUT2D eigenvalue weighted by Gasteiger charge is 2.20. The first-order chi connectivity index (χ1) is 5.34. The van der Waals surface area contributed by atoms with Gasteiger partial charge in [-0.3, -0.25) is 0 Å². The third-order valence-electron chi connectivity index (χ3n) is 2.07. The van der Waals surface area contributed by atoms with E-state index in [1.54, 1.807) is 0 Å². The molecular weight excluding hydrogens is 279 g/mol. The topological polar surface area (TPSA) is 0 Å². The van der Waals surface area contributed by atoms with Gasteiger partial charge >= 0.3 is 0 Å². The zero-order valence-corrected chi connectivity index (χ0v) is 11.3. The Hall–Kier alpha value is 0.430. The van der Waals surface area contributed by atoms with Crippen LogP contribution in [0.25, 0.3) is 0 Å². The monoisotopic (exact) mass is 294 g/mol. The van der Waals surface area contributed by atoms with Crippen LogP contribution < -0.4 is 0 Å². The molecule has 0 fully saturated rings. The van der Waals surface area contributed by atoms with Crippen LogP contribution in [0.1, 0.15) is 36.8 Å². The Morgan fingerprint density at radius 2 is 1.58 bits per heavy atom. The average Bonchev–Trinajstić information content (AvgIpc) is 2.15. The van der Waals surface area contributed by atoms with Crippen LogP contribution in [0.3, 0.4) is 0 Å². The van der Waals surface area contributed by atoms with Crippen molar-refractivity contribution in [3.05, 3.63) is 18.9 Å². The lowest BCUT2D eigenvalue weighted by Crippen LogP contribution is -2.10. The molecule has 2 heteroatoms. The van der Waals surface area contributed by atoms with E-state index in [2.05, 4.69) is 57.2 Å². The van der Waals surface area contributed by atoms with Crippen LogP contribution in [0.2, 0.25) is 0 Å². The molecule has 0 amide bonds. The molecule has 1 heterocycles. The molecule has 0 atom stereocenters. The first kappa shape index (κ1) is 10.5. The fourth-order valence-corrected chi connectivity index (χ4v) is 3.44. The molecule has 1 aromatic rings. The molecule has 0 nitrogen and oxygen atoms in total. The summed E-state index contributed by atoms with van der Waals surface area (Å²) in [6, 6.07) is 0. The Morgan fingerprint density at radius 1 is 1.08 bits per heavy atom. The summed E-state index contributed by atoms with van der Waals surface area (Å²) in [5.74, 6) is 0. The van der Waals surface area contributed by atoms with Gasteiger partial charge in [-0.2, -0.15) is 0 Å². The third kappa shape index (κ3) is 1.84. The van der Waals surface area contributed by atoms with Crippen molar-refractivity contribution in [1.82, 2.24) is 0 Å². The Labute approximate surface area is 92.5 Å². The predicted octanol–water partition coefficient (Wildman–Crippen LogP) is 4.27. The van der Waals surface area contributed by atoms with Crippen molar-refractivity contribution in [2.24, 2.45) is 0 Å². The summed E-state index contributed by atoms with van der Waals surface area (Å²) in [7, 11) is 0. The van der Waals surface area contributed by atoms with Crippen LogP contribution in [0.5, 0.6) is 0 Å². The average molecular weight is 294 g/mol. The molecule has 0 spiro atoms. The maximum atomic E-state index is 2.43. The molecule has 1 aromatic heterocycles. The van der Waals surface area contributed by atoms with Gasteiger partial charge in [0.15, 0.2) is 0 Å². The van der Waals surface area contributed by atoms with Gasteiger partial charge in [-0.25, -0.2) is 0 Å². The minimum Gasteiger partial charge on any atom is -0.133 e. The summed E-state index contributed by atoms with van der Waals surface area (Å²) in [5, 5.41) is 0. The first-order valence-electron chi connectivity index (χ1n) is 4.10. The van der Waals surface area contributed by atoms with E-state index in [0.717, 1.165) is 0 Å². The molecule has 0 saturated heterocycles. The van der Waals surface area contributed by atoms with Crippen molar-refractivity contribution in [1.29, 1.82) is 0 Å². The molecule has 0 unspecified atom stereocenters. The van der Waals surface area contributed by atoms with E-state index in [1.807, 2.05) is 11.3 Å². The second-order valence-electron chi connectivity index (χ2n) is 4.20. The third-order valence-corrected chi connectivity index (χ3v) is 5.15. The minimum absolute atomic E-state index is 0.308. The molecule has 0 bridgehead atoms. The zero-order chi connectivity index (χ0) is 9.52. The van der Waals surface area contributed by atoms with Gasteiger partial charge < -0.3 is 0 Å². The summed E-state index contributed by atoms with van der Waals surface area (Å²) >= 11 is 4.36. The SMILES string of the molecule is Cc1c(I)sc(C(C)(C)C)c1C. The van der Waals surface area contributed by atoms with E-state index >= 15 is 0 Å². The molecule has 0 aromatic carbocycles. The Morgan fingerprint density at radius 3 is 1.75 bits per heavy atom. The van der Waals surface area contributed by atoms with Gasteiger partial charge in [0.05, 0.1) is 2.88 Å². The quantitative estimate of drug-likeness (QED) is 0.627. The van der Waals surface area contributed by atoms with Gasteiger partial charge in [0, 0.05) is 4.88 Å². The van der Waals surface area contributed by atoms with Crippen molar-refractivity contribution in [3.8, 4) is 0 Å². The van der Waals surface area contributed by atoms with Crippen LogP contribution in [-0.2, 0) is 5.41 Å². The molecule has 0 aliphatic heterocycles. The van der Waals surface area contributed by atoms with Gasteiger partial charge in [0.25, 0.3) is 0 Å². The van der Waals surface area contributed by atoms with E-state index in [4.69, 9.17) is 0 Å². The van der Waals surface area contributed by atoms with Crippen molar-refractivity contribution < 1.29 is 0 Å². The van der Waals surface area contributed by atoms with Gasteiger partial charge in [-0.15, -0.1) is 11.3 Å². The van der Waals surface area contributed by atoms with Crippen LogP contribution in [0.4, 0.5) is 0 Å². The van der Waals surface area contributed by atoms with E-state index in [-0.39, 0.29) is 0 Å². The molecule has 0 radical (unpaired) electrons. The van der Waals surface area contributed by atoms with Crippen molar-refractivity contribution >= 4 is 33.9 Å². The lowest BCUT2D eigenvalue weighted by atomic mass is 9.91. The fourth-order valence-electron chi connectivity index (χ4n) is 1.28. The maximum absolute atomic E-state index is 2.43. The Kier molecular flexibility index (Phi) is 2.88. The summed E-state index contributed by atoms with van der Waals surface area (Å²) in [5.41, 5.74) is 3.26. The predicted molar refractivity (Wildman–Crippen MR) is 65.2 cm³/mol. The lowest BCUT2D eigenvalue weighted by Gasteiger charge is -2.17. The van der Waals surface area contributed by atoms with Gasteiger partial charge in [0.1, 0.15) is 0 Å². The molecule has 68 valence electrons. The number of thiophene rings is 1. The van der Waals surface area contributed by atoms with Gasteiger partial charge in [-0.1, -0.05) is 20.8 Å². The molecule has 0 aliphatic rings. The fraction of sp³-hybridized carbons (Fsp3) is 0.600. The molecule has 0 saturated carbocycles. The van der Waals surface area contributed by atoms with Gasteiger partial charge in [-0.05, 0) is 53.0 Å². The summed E-state index contributed by atoms with van der Waals surface area (Å²) in [6.45, 7) is 11.3. The lowest BCUT2D eigenvalue weighted by molar-refractivity contribution is 0.600. The molecule has 0 aliphatic carbocycles. The van der Waals surface area contributed by atoms with E-state index in [9.17, 15) is 0 Å². The highest BCUT2D eigenvalue weighted by Crippen LogP contribution is 2.36. The first-order valence-corrected chi connectivity index (χ1v) is 5.99. The van der Waals surface area contributed by atoms with Crippen LogP contribution in [0, 0.1) is 16.7 Å². The standard InChI is InChI=1S/C10H15IS/c1-6-7(2)9(11)12-8(6)10(3,4)5/h1-5H3. The summed E-state index contributed by atoms with van der Waals surface area (Å²) in [4.78, 5) is 1.53.